The molecule has 0 spiro atoms. The van der Waals surface area contributed by atoms with Crippen LogP contribution in [0.15, 0.2) is 5.16 Å². The van der Waals surface area contributed by atoms with Crippen LogP contribution in [-0.4, -0.2) is 36.7 Å². The second kappa shape index (κ2) is 6.38. The predicted molar refractivity (Wildman–Crippen MR) is 71.0 cm³/mol. The molecule has 1 aliphatic rings. The number of thioether (sulfide) groups is 1. The van der Waals surface area contributed by atoms with Crippen molar-refractivity contribution in [2.24, 2.45) is 5.92 Å². The summed E-state index contributed by atoms with van der Waals surface area (Å²) in [6.07, 6.45) is 4.57. The molecule has 1 fully saturated rings. The van der Waals surface area contributed by atoms with Crippen molar-refractivity contribution < 1.29 is 15.0 Å². The van der Waals surface area contributed by atoms with Crippen LogP contribution in [0.1, 0.15) is 44.5 Å². The first kappa shape index (κ1) is 14.3. The van der Waals surface area contributed by atoms with Crippen LogP contribution >= 0.6 is 11.8 Å². The summed E-state index contributed by atoms with van der Waals surface area (Å²) in [6, 6.07) is 0.266. The SMILES string of the molecule is CC1CCCCC1n1c(CO)nnc1SCC(=O)O. The van der Waals surface area contributed by atoms with Gasteiger partial charge in [0.15, 0.2) is 11.0 Å². The third kappa shape index (κ3) is 3.27. The second-order valence-corrected chi connectivity index (χ2v) is 5.88. The van der Waals surface area contributed by atoms with Gasteiger partial charge in [0.2, 0.25) is 0 Å². The Balaban J connectivity index is 2.24. The molecule has 19 heavy (non-hydrogen) atoms. The molecule has 2 unspecified atom stereocenters. The number of hydrogen-bond acceptors (Lipinski definition) is 5. The van der Waals surface area contributed by atoms with Gasteiger partial charge in [-0.1, -0.05) is 31.5 Å². The molecular formula is C12H19N3O3S. The summed E-state index contributed by atoms with van der Waals surface area (Å²) in [6.45, 7) is 2.03. The topological polar surface area (TPSA) is 88.2 Å². The summed E-state index contributed by atoms with van der Waals surface area (Å²) in [4.78, 5) is 10.7. The van der Waals surface area contributed by atoms with E-state index in [1.54, 1.807) is 0 Å². The van der Waals surface area contributed by atoms with E-state index in [0.29, 0.717) is 16.9 Å². The number of aromatic nitrogens is 3. The van der Waals surface area contributed by atoms with Crippen LogP contribution in [-0.2, 0) is 11.4 Å². The first-order valence-corrected chi connectivity index (χ1v) is 7.51. The van der Waals surface area contributed by atoms with E-state index < -0.39 is 5.97 Å². The van der Waals surface area contributed by atoms with Crippen LogP contribution in [0.25, 0.3) is 0 Å². The molecule has 6 nitrogen and oxygen atoms in total. The summed E-state index contributed by atoms with van der Waals surface area (Å²) in [7, 11) is 0. The van der Waals surface area contributed by atoms with Crippen molar-refractivity contribution in [3.63, 3.8) is 0 Å². The lowest BCUT2D eigenvalue weighted by molar-refractivity contribution is -0.133. The van der Waals surface area contributed by atoms with E-state index in [1.807, 2.05) is 4.57 Å². The van der Waals surface area contributed by atoms with Crippen LogP contribution in [0.5, 0.6) is 0 Å². The highest BCUT2D eigenvalue weighted by molar-refractivity contribution is 7.99. The van der Waals surface area contributed by atoms with E-state index in [2.05, 4.69) is 17.1 Å². The van der Waals surface area contributed by atoms with Crippen molar-refractivity contribution in [3.05, 3.63) is 5.82 Å². The Labute approximate surface area is 116 Å². The minimum Gasteiger partial charge on any atom is -0.481 e. The summed E-state index contributed by atoms with van der Waals surface area (Å²) < 4.78 is 1.94. The average Bonchev–Trinajstić information content (AvgIpc) is 2.79. The zero-order valence-electron chi connectivity index (χ0n) is 10.9. The molecule has 1 aromatic rings. The molecular weight excluding hydrogens is 266 g/mol. The van der Waals surface area contributed by atoms with Crippen LogP contribution in [0.2, 0.25) is 0 Å². The quantitative estimate of drug-likeness (QED) is 0.801. The van der Waals surface area contributed by atoms with Crippen LogP contribution in [0.3, 0.4) is 0 Å². The summed E-state index contributed by atoms with van der Waals surface area (Å²) >= 11 is 1.17. The molecule has 2 rings (SSSR count). The number of aliphatic hydroxyl groups is 1. The van der Waals surface area contributed by atoms with Gasteiger partial charge in [-0.2, -0.15) is 0 Å². The van der Waals surface area contributed by atoms with Crippen molar-refractivity contribution in [2.75, 3.05) is 5.75 Å². The first-order valence-electron chi connectivity index (χ1n) is 6.52. The van der Waals surface area contributed by atoms with Crippen molar-refractivity contribution in [3.8, 4) is 0 Å². The Bertz CT molecular complexity index is 449. The maximum Gasteiger partial charge on any atom is 0.313 e. The molecule has 0 saturated heterocycles. The zero-order valence-corrected chi connectivity index (χ0v) is 11.8. The molecule has 7 heteroatoms. The third-order valence-electron chi connectivity index (χ3n) is 3.60. The monoisotopic (exact) mass is 285 g/mol. The summed E-state index contributed by atoms with van der Waals surface area (Å²) in [5.74, 6) is 0.123. The maximum atomic E-state index is 10.7. The number of hydrogen-bond donors (Lipinski definition) is 2. The fourth-order valence-corrected chi connectivity index (χ4v) is 3.38. The van der Waals surface area contributed by atoms with Gasteiger partial charge in [-0.05, 0) is 18.8 Å². The maximum absolute atomic E-state index is 10.7. The van der Waals surface area contributed by atoms with Crippen molar-refractivity contribution >= 4 is 17.7 Å². The molecule has 1 saturated carbocycles. The summed E-state index contributed by atoms with van der Waals surface area (Å²) in [5, 5.41) is 26.7. The van der Waals surface area contributed by atoms with Gasteiger partial charge in [-0.3, -0.25) is 4.79 Å². The van der Waals surface area contributed by atoms with E-state index in [9.17, 15) is 9.90 Å². The summed E-state index contributed by atoms with van der Waals surface area (Å²) in [5.41, 5.74) is 0. The highest BCUT2D eigenvalue weighted by atomic mass is 32.2. The van der Waals surface area contributed by atoms with E-state index in [1.165, 1.54) is 18.2 Å². The van der Waals surface area contributed by atoms with Gasteiger partial charge in [-0.15, -0.1) is 10.2 Å². The fraction of sp³-hybridized carbons (Fsp3) is 0.750. The highest BCUT2D eigenvalue weighted by Gasteiger charge is 2.27. The van der Waals surface area contributed by atoms with Gasteiger partial charge in [0.1, 0.15) is 6.61 Å². The minimum atomic E-state index is -0.873. The molecule has 2 N–H and O–H groups in total. The standard InChI is InChI=1S/C12H19N3O3S/c1-8-4-2-3-5-9(8)15-10(6-16)13-14-12(15)19-7-11(17)18/h8-9,16H,2-7H2,1H3,(H,17,18). The molecule has 2 atom stereocenters. The number of carboxylic acids is 1. The van der Waals surface area contributed by atoms with Gasteiger partial charge in [0, 0.05) is 6.04 Å². The lowest BCUT2D eigenvalue weighted by Gasteiger charge is -2.31. The molecule has 106 valence electrons. The predicted octanol–water partition coefficient (Wildman–Crippen LogP) is 1.70. The van der Waals surface area contributed by atoms with Gasteiger partial charge in [0.05, 0.1) is 5.75 Å². The van der Waals surface area contributed by atoms with Gasteiger partial charge >= 0.3 is 5.97 Å². The molecule has 0 radical (unpaired) electrons. The zero-order chi connectivity index (χ0) is 13.8. The van der Waals surface area contributed by atoms with E-state index in [-0.39, 0.29) is 18.4 Å². The Kier molecular flexibility index (Phi) is 4.81. The largest absolute Gasteiger partial charge is 0.481 e. The number of aliphatic carboxylic acids is 1. The Morgan fingerprint density at radius 2 is 2.16 bits per heavy atom. The normalized spacial score (nSPS) is 23.5. The van der Waals surface area contributed by atoms with E-state index in [0.717, 1.165) is 19.3 Å². The number of nitrogens with zero attached hydrogens (tertiary/aromatic N) is 3. The first-order chi connectivity index (χ1) is 9.13. The van der Waals surface area contributed by atoms with E-state index >= 15 is 0 Å². The van der Waals surface area contributed by atoms with E-state index in [4.69, 9.17) is 5.11 Å². The minimum absolute atomic E-state index is 0.0370. The van der Waals surface area contributed by atoms with Gasteiger partial charge < -0.3 is 14.8 Å². The Morgan fingerprint density at radius 1 is 1.42 bits per heavy atom. The third-order valence-corrected chi connectivity index (χ3v) is 4.53. The number of aliphatic hydroxyl groups excluding tert-OH is 1. The fourth-order valence-electron chi connectivity index (χ4n) is 2.65. The molecule has 1 aliphatic carbocycles. The number of rotatable bonds is 5. The second-order valence-electron chi connectivity index (χ2n) is 4.94. The molecule has 0 aromatic carbocycles. The molecule has 0 bridgehead atoms. The average molecular weight is 285 g/mol. The molecule has 1 heterocycles. The van der Waals surface area contributed by atoms with Crippen molar-refractivity contribution in [1.29, 1.82) is 0 Å². The van der Waals surface area contributed by atoms with Gasteiger partial charge in [0.25, 0.3) is 0 Å². The van der Waals surface area contributed by atoms with Crippen molar-refractivity contribution in [1.82, 2.24) is 14.8 Å². The smallest absolute Gasteiger partial charge is 0.313 e. The highest BCUT2D eigenvalue weighted by Crippen LogP contribution is 2.36. The lowest BCUT2D eigenvalue weighted by atomic mass is 9.86. The number of carboxylic acid groups (broad SMARTS) is 1. The van der Waals surface area contributed by atoms with Crippen molar-refractivity contribution in [2.45, 2.75) is 50.4 Å². The van der Waals surface area contributed by atoms with Crippen LogP contribution in [0.4, 0.5) is 0 Å². The van der Waals surface area contributed by atoms with Crippen LogP contribution in [0, 0.1) is 5.92 Å². The van der Waals surface area contributed by atoms with Gasteiger partial charge in [-0.25, -0.2) is 0 Å². The Hall–Kier alpha value is -1.08. The molecule has 1 aromatic heterocycles. The lowest BCUT2D eigenvalue weighted by Crippen LogP contribution is -2.23. The van der Waals surface area contributed by atoms with Crippen LogP contribution < -0.4 is 0 Å². The Morgan fingerprint density at radius 3 is 2.79 bits per heavy atom. The number of carbonyl (C=O) groups is 1. The molecule has 0 aliphatic heterocycles. The molecule has 0 amide bonds.